The van der Waals surface area contributed by atoms with Gasteiger partial charge in [-0.25, -0.2) is 14.2 Å². The number of benzene rings is 1. The minimum atomic E-state index is -4.23. The average Bonchev–Trinajstić information content (AvgIpc) is 3.53. The van der Waals surface area contributed by atoms with Crippen molar-refractivity contribution in [2.45, 2.75) is 69.9 Å². The van der Waals surface area contributed by atoms with Crippen LogP contribution in [0, 0.1) is 17.7 Å². The van der Waals surface area contributed by atoms with Crippen molar-refractivity contribution in [3.8, 4) is 17.1 Å². The number of nitrogens with one attached hydrogen (secondary N) is 1. The Bertz CT molecular complexity index is 1380. The van der Waals surface area contributed by atoms with Gasteiger partial charge in [0.15, 0.2) is 5.82 Å². The molecule has 1 aromatic carbocycles. The van der Waals surface area contributed by atoms with E-state index in [1.807, 2.05) is 4.90 Å². The minimum Gasteiger partial charge on any atom is -0.488 e. The SMILES string of the molecule is O=c1[nH]c(-c2ccc(OCc3sc([C@H]4CC[C@H](C(F)(F)F)CC4)nc3CN3CCC(C(F)(F)F)CC3)cc2F)no1. The Morgan fingerprint density at radius 3 is 2.24 bits per heavy atom. The Balaban J connectivity index is 1.30. The monoisotopic (exact) mass is 608 g/mol. The number of hydrogen-bond donors (Lipinski definition) is 1. The Hall–Kier alpha value is -2.94. The fourth-order valence-electron chi connectivity index (χ4n) is 5.38. The van der Waals surface area contributed by atoms with Crippen LogP contribution in [-0.2, 0) is 13.2 Å². The van der Waals surface area contributed by atoms with Crippen LogP contribution < -0.4 is 10.5 Å². The van der Waals surface area contributed by atoms with Gasteiger partial charge in [0.1, 0.15) is 18.2 Å². The van der Waals surface area contributed by atoms with Gasteiger partial charge in [-0.05, 0) is 63.7 Å². The molecule has 41 heavy (non-hydrogen) atoms. The second-order valence-electron chi connectivity index (χ2n) is 10.5. The van der Waals surface area contributed by atoms with Gasteiger partial charge in [-0.15, -0.1) is 11.3 Å². The molecule has 0 atom stereocenters. The Morgan fingerprint density at radius 1 is 1.00 bits per heavy atom. The van der Waals surface area contributed by atoms with E-state index < -0.39 is 35.8 Å². The molecule has 5 rings (SSSR count). The third-order valence-electron chi connectivity index (χ3n) is 7.76. The van der Waals surface area contributed by atoms with Crippen LogP contribution in [0.15, 0.2) is 27.5 Å². The first kappa shape index (κ1) is 29.5. The van der Waals surface area contributed by atoms with Gasteiger partial charge in [0.25, 0.3) is 0 Å². The van der Waals surface area contributed by atoms with Crippen LogP contribution >= 0.6 is 11.3 Å². The number of thiazole rings is 1. The van der Waals surface area contributed by atoms with Crippen LogP contribution in [0.1, 0.15) is 60.0 Å². The molecule has 0 radical (unpaired) electrons. The normalized spacial score (nSPS) is 21.3. The van der Waals surface area contributed by atoms with E-state index in [2.05, 4.69) is 14.7 Å². The molecule has 0 amide bonds. The van der Waals surface area contributed by atoms with Crippen LogP contribution in [0.25, 0.3) is 11.4 Å². The van der Waals surface area contributed by atoms with Crippen molar-refractivity contribution < 1.29 is 40.0 Å². The number of halogens is 7. The molecule has 0 spiro atoms. The van der Waals surface area contributed by atoms with Crippen LogP contribution in [0.5, 0.6) is 5.75 Å². The topological polar surface area (TPSA) is 84.3 Å². The lowest BCUT2D eigenvalue weighted by Gasteiger charge is -2.32. The van der Waals surface area contributed by atoms with Gasteiger partial charge in [0.2, 0.25) is 0 Å². The first-order chi connectivity index (χ1) is 19.4. The van der Waals surface area contributed by atoms with E-state index in [4.69, 9.17) is 9.72 Å². The molecular weight excluding hydrogens is 581 g/mol. The van der Waals surface area contributed by atoms with Crippen molar-refractivity contribution in [1.82, 2.24) is 20.0 Å². The summed E-state index contributed by atoms with van der Waals surface area (Å²) in [6.45, 7) is 0.754. The highest BCUT2D eigenvalue weighted by atomic mass is 32.1. The maximum absolute atomic E-state index is 14.7. The predicted octanol–water partition coefficient (Wildman–Crippen LogP) is 6.81. The van der Waals surface area contributed by atoms with Crippen LogP contribution in [0.2, 0.25) is 0 Å². The first-order valence-corrected chi connectivity index (χ1v) is 14.0. The zero-order chi connectivity index (χ0) is 29.4. The van der Waals surface area contributed by atoms with Crippen molar-refractivity contribution in [1.29, 1.82) is 0 Å². The summed E-state index contributed by atoms with van der Waals surface area (Å²) in [7, 11) is 0. The zero-order valence-electron chi connectivity index (χ0n) is 21.7. The van der Waals surface area contributed by atoms with E-state index in [-0.39, 0.29) is 75.0 Å². The molecule has 3 heterocycles. The molecule has 1 aliphatic carbocycles. The van der Waals surface area contributed by atoms with Gasteiger partial charge in [0, 0.05) is 18.5 Å². The predicted molar refractivity (Wildman–Crippen MR) is 134 cm³/mol. The van der Waals surface area contributed by atoms with Gasteiger partial charge in [-0.3, -0.25) is 14.4 Å². The highest BCUT2D eigenvalue weighted by molar-refractivity contribution is 7.11. The Labute approximate surface area is 233 Å². The lowest BCUT2D eigenvalue weighted by atomic mass is 9.82. The van der Waals surface area contributed by atoms with Gasteiger partial charge in [0.05, 0.1) is 33.0 Å². The molecule has 15 heteroatoms. The number of H-pyrrole nitrogens is 1. The summed E-state index contributed by atoms with van der Waals surface area (Å²) in [4.78, 5) is 20.7. The van der Waals surface area contributed by atoms with E-state index in [0.29, 0.717) is 28.4 Å². The Kier molecular flexibility index (Phi) is 8.46. The quantitative estimate of drug-likeness (QED) is 0.297. The molecule has 1 aliphatic heterocycles. The fourth-order valence-corrected chi connectivity index (χ4v) is 6.54. The molecular formula is C26H27F7N4O3S. The summed E-state index contributed by atoms with van der Waals surface area (Å²) in [5, 5.41) is 4.14. The van der Waals surface area contributed by atoms with Crippen LogP contribution in [0.4, 0.5) is 30.7 Å². The lowest BCUT2D eigenvalue weighted by molar-refractivity contribution is -0.185. The van der Waals surface area contributed by atoms with E-state index in [0.717, 1.165) is 6.07 Å². The van der Waals surface area contributed by atoms with E-state index in [1.165, 1.54) is 23.5 Å². The van der Waals surface area contributed by atoms with Gasteiger partial charge >= 0.3 is 18.1 Å². The molecule has 0 unspecified atom stereocenters. The van der Waals surface area contributed by atoms with Crippen molar-refractivity contribution in [3.63, 3.8) is 0 Å². The molecule has 1 saturated heterocycles. The molecule has 2 aromatic heterocycles. The van der Waals surface area contributed by atoms with E-state index >= 15 is 0 Å². The smallest absolute Gasteiger partial charge is 0.439 e. The summed E-state index contributed by atoms with van der Waals surface area (Å²) in [6.07, 6.45) is -7.79. The summed E-state index contributed by atoms with van der Waals surface area (Å²) in [5.74, 6) is -4.27. The number of nitrogens with zero attached hydrogens (tertiary/aromatic N) is 3. The number of hydrogen-bond acceptors (Lipinski definition) is 7. The zero-order valence-corrected chi connectivity index (χ0v) is 22.5. The van der Waals surface area contributed by atoms with Crippen LogP contribution in [0.3, 0.4) is 0 Å². The van der Waals surface area contributed by atoms with Crippen molar-refractivity contribution in [2.24, 2.45) is 11.8 Å². The molecule has 1 N–H and O–H groups in total. The standard InChI is InChI=1S/C26H27F7N4O3S/c27-19-11-17(5-6-18(19)22-35-24(38)40-36-22)39-13-21-20(12-37-9-7-16(8-10-37)26(31,32)33)34-23(41-21)14-1-3-15(4-2-14)25(28,29)30/h5-6,11,14-16H,1-4,7-10,12-13H2,(H,35,36,38)/t14-,15-. The highest BCUT2D eigenvalue weighted by Crippen LogP contribution is 2.44. The van der Waals surface area contributed by atoms with Crippen molar-refractivity contribution >= 4 is 11.3 Å². The second-order valence-corrected chi connectivity index (χ2v) is 11.6. The summed E-state index contributed by atoms with van der Waals surface area (Å²) in [5.41, 5.74) is 0.603. The molecule has 3 aromatic rings. The van der Waals surface area contributed by atoms with E-state index in [9.17, 15) is 35.5 Å². The molecule has 1 saturated carbocycles. The largest absolute Gasteiger partial charge is 0.488 e. The number of aromatic nitrogens is 3. The first-order valence-electron chi connectivity index (χ1n) is 13.2. The number of rotatable bonds is 7. The van der Waals surface area contributed by atoms with Crippen LogP contribution in [-0.4, -0.2) is 45.5 Å². The van der Waals surface area contributed by atoms with Gasteiger partial charge < -0.3 is 4.74 Å². The number of piperidine rings is 1. The van der Waals surface area contributed by atoms with Crippen molar-refractivity contribution in [3.05, 3.63) is 50.1 Å². The molecule has 0 bridgehead atoms. The minimum absolute atomic E-state index is 0.000634. The fraction of sp³-hybridized carbons (Fsp3) is 0.577. The Morgan fingerprint density at radius 2 is 1.66 bits per heavy atom. The lowest BCUT2D eigenvalue weighted by Crippen LogP contribution is -2.38. The summed E-state index contributed by atoms with van der Waals surface area (Å²) < 4.78 is 104. The molecule has 2 fully saturated rings. The van der Waals surface area contributed by atoms with Gasteiger partial charge in [-0.1, -0.05) is 5.16 Å². The third kappa shape index (κ3) is 7.11. The maximum atomic E-state index is 14.7. The highest BCUT2D eigenvalue weighted by Gasteiger charge is 2.43. The summed E-state index contributed by atoms with van der Waals surface area (Å²) in [6, 6.07) is 3.96. The number of alkyl halides is 6. The van der Waals surface area contributed by atoms with Gasteiger partial charge in [-0.2, -0.15) is 26.3 Å². The van der Waals surface area contributed by atoms with Crippen molar-refractivity contribution in [2.75, 3.05) is 13.1 Å². The molecule has 2 aliphatic rings. The maximum Gasteiger partial charge on any atom is 0.439 e. The molecule has 7 nitrogen and oxygen atoms in total. The third-order valence-corrected chi connectivity index (χ3v) is 9.00. The number of aromatic amines is 1. The van der Waals surface area contributed by atoms with E-state index in [1.54, 1.807) is 0 Å². The number of ether oxygens (including phenoxy) is 1. The summed E-state index contributed by atoms with van der Waals surface area (Å²) >= 11 is 1.31. The molecule has 224 valence electrons. The average molecular weight is 609 g/mol. The number of likely N-dealkylation sites (tertiary alicyclic amines) is 1. The second kappa shape index (κ2) is 11.7.